The molecule has 0 spiro atoms. The van der Waals surface area contributed by atoms with E-state index in [1.807, 2.05) is 0 Å². The number of nitrogen functional groups attached to an aromatic ring is 1. The number of rotatable bonds is 5. The van der Waals surface area contributed by atoms with Gasteiger partial charge in [-0.3, -0.25) is 4.55 Å². The topological polar surface area (TPSA) is 140 Å². The van der Waals surface area contributed by atoms with Gasteiger partial charge in [-0.25, -0.2) is 4.98 Å². The summed E-state index contributed by atoms with van der Waals surface area (Å²) in [5.74, 6) is 0.157. The van der Waals surface area contributed by atoms with E-state index in [0.717, 1.165) is 6.07 Å². The molecule has 0 aliphatic rings. The fourth-order valence-corrected chi connectivity index (χ4v) is 2.14. The maximum atomic E-state index is 11.0. The smallest absolute Gasteiger partial charge is 0.322 e. The average Bonchev–Trinajstić information content (AvgIpc) is 2.38. The summed E-state index contributed by atoms with van der Waals surface area (Å²) in [4.78, 5) is 11.1. The number of ether oxygens (including phenoxy) is 1. The molecule has 2 aromatic rings. The van der Waals surface area contributed by atoms with Crippen LogP contribution < -0.4 is 15.8 Å². The molecule has 0 aliphatic heterocycles. The van der Waals surface area contributed by atoms with E-state index in [1.165, 1.54) is 18.5 Å². The number of benzene rings is 1. The minimum Gasteiger partial charge on any atom is -0.447 e. The zero-order valence-electron chi connectivity index (χ0n) is 10.4. The zero-order valence-corrected chi connectivity index (χ0v) is 12.0. The van der Waals surface area contributed by atoms with Crippen molar-refractivity contribution in [3.8, 4) is 6.01 Å². The van der Waals surface area contributed by atoms with Crippen LogP contribution in [-0.4, -0.2) is 34.0 Å². The van der Waals surface area contributed by atoms with Crippen molar-refractivity contribution in [2.45, 2.75) is 4.90 Å². The molecule has 0 amide bonds. The summed E-state index contributed by atoms with van der Waals surface area (Å²) in [5, 5.41) is 2.78. The molecule has 0 bridgehead atoms. The number of nitrogens with two attached hydrogens (primary N) is 1. The lowest BCUT2D eigenvalue weighted by Gasteiger charge is -2.08. The Hall–Kier alpha value is -2.17. The van der Waals surface area contributed by atoms with Gasteiger partial charge in [-0.15, -0.1) is 0 Å². The first-order chi connectivity index (χ1) is 9.90. The van der Waals surface area contributed by atoms with Gasteiger partial charge in [0.1, 0.15) is 11.2 Å². The third kappa shape index (κ3) is 3.90. The number of aromatic nitrogens is 3. The first-order valence-electron chi connectivity index (χ1n) is 5.42. The van der Waals surface area contributed by atoms with Crippen molar-refractivity contribution >= 4 is 39.0 Å². The Morgan fingerprint density at radius 2 is 2.14 bits per heavy atom. The van der Waals surface area contributed by atoms with Crippen molar-refractivity contribution in [1.82, 2.24) is 15.0 Å². The number of anilines is 3. The summed E-state index contributed by atoms with van der Waals surface area (Å²) in [6, 6.07) is 3.79. The Morgan fingerprint density at radius 3 is 2.76 bits per heavy atom. The van der Waals surface area contributed by atoms with Crippen LogP contribution in [0, 0.1) is 0 Å². The van der Waals surface area contributed by atoms with E-state index >= 15 is 0 Å². The van der Waals surface area contributed by atoms with Gasteiger partial charge in [0.25, 0.3) is 10.1 Å². The van der Waals surface area contributed by atoms with Gasteiger partial charge in [0, 0.05) is 5.69 Å². The third-order valence-corrected chi connectivity index (χ3v) is 3.31. The molecule has 112 valence electrons. The lowest BCUT2D eigenvalue weighted by atomic mass is 10.3. The van der Waals surface area contributed by atoms with E-state index in [0.29, 0.717) is 5.69 Å². The summed E-state index contributed by atoms with van der Waals surface area (Å²) in [7, 11) is -4.37. The van der Waals surface area contributed by atoms with E-state index in [9.17, 15) is 8.42 Å². The molecule has 0 saturated heterocycles. The lowest BCUT2D eigenvalue weighted by molar-refractivity contribution is 0.354. The minimum absolute atomic E-state index is 0.0324. The van der Waals surface area contributed by atoms with Gasteiger partial charge in [0.15, 0.2) is 6.07 Å². The first kappa shape index (κ1) is 15.2. The van der Waals surface area contributed by atoms with Crippen LogP contribution in [0.3, 0.4) is 0 Å². The summed E-state index contributed by atoms with van der Waals surface area (Å²) < 4.78 is 35.9. The lowest BCUT2D eigenvalue weighted by Crippen LogP contribution is -2.05. The summed E-state index contributed by atoms with van der Waals surface area (Å²) >= 11 is 5.39. The number of nitrogens with one attached hydrogen (secondary N) is 1. The Morgan fingerprint density at radius 1 is 1.38 bits per heavy atom. The van der Waals surface area contributed by atoms with Gasteiger partial charge in [0.05, 0.1) is 5.69 Å². The molecule has 11 heteroatoms. The molecular weight excluding hydrogens is 322 g/mol. The van der Waals surface area contributed by atoms with E-state index < -0.39 is 10.1 Å². The third-order valence-electron chi connectivity index (χ3n) is 2.28. The second kappa shape index (κ2) is 6.08. The minimum atomic E-state index is -4.37. The molecule has 1 aromatic carbocycles. The van der Waals surface area contributed by atoms with Crippen molar-refractivity contribution in [3.63, 3.8) is 0 Å². The Labute approximate surface area is 124 Å². The van der Waals surface area contributed by atoms with E-state index in [4.69, 9.17) is 26.6 Å². The van der Waals surface area contributed by atoms with Crippen LogP contribution in [0.25, 0.3) is 0 Å². The second-order valence-electron chi connectivity index (χ2n) is 3.70. The van der Waals surface area contributed by atoms with Gasteiger partial charge in [0.2, 0.25) is 5.95 Å². The van der Waals surface area contributed by atoms with E-state index in [-0.39, 0.29) is 28.6 Å². The van der Waals surface area contributed by atoms with Crippen molar-refractivity contribution in [3.05, 3.63) is 24.5 Å². The highest BCUT2D eigenvalue weighted by molar-refractivity contribution is 7.86. The Kier molecular flexibility index (Phi) is 4.40. The molecule has 0 atom stereocenters. The standard InChI is InChI=1S/C10H10ClN5O4S/c11-4-20-10-14-5-13-9(16-10)15-6-1-2-8(7(12)3-6)21(17,18)19/h1-3,5H,4,12H2,(H,17,18,19)(H,13,14,15,16). The predicted octanol–water partition coefficient (Wildman–Crippen LogP) is 1.02. The van der Waals surface area contributed by atoms with Crippen LogP contribution in [0.4, 0.5) is 17.3 Å². The Bertz CT molecular complexity index is 755. The van der Waals surface area contributed by atoms with Crippen molar-refractivity contribution in [2.24, 2.45) is 0 Å². The molecule has 21 heavy (non-hydrogen) atoms. The first-order valence-corrected chi connectivity index (χ1v) is 7.39. The molecule has 0 saturated carbocycles. The van der Waals surface area contributed by atoms with Crippen molar-refractivity contribution in [1.29, 1.82) is 0 Å². The van der Waals surface area contributed by atoms with Crippen LogP contribution in [-0.2, 0) is 10.1 Å². The van der Waals surface area contributed by atoms with Crippen LogP contribution in [0.5, 0.6) is 6.01 Å². The number of halogens is 1. The number of nitrogens with zero attached hydrogens (tertiary/aromatic N) is 3. The predicted molar refractivity (Wildman–Crippen MR) is 75.1 cm³/mol. The number of hydrogen-bond acceptors (Lipinski definition) is 8. The molecule has 1 heterocycles. The highest BCUT2D eigenvalue weighted by Crippen LogP contribution is 2.23. The zero-order chi connectivity index (χ0) is 15.5. The van der Waals surface area contributed by atoms with Gasteiger partial charge < -0.3 is 15.8 Å². The highest BCUT2D eigenvalue weighted by atomic mass is 35.5. The molecule has 2 rings (SSSR count). The molecular formula is C10H10ClN5O4S. The molecule has 1 aromatic heterocycles. The second-order valence-corrected chi connectivity index (χ2v) is 5.31. The van der Waals surface area contributed by atoms with Gasteiger partial charge >= 0.3 is 6.01 Å². The number of alkyl halides is 1. The molecule has 0 unspecified atom stereocenters. The maximum Gasteiger partial charge on any atom is 0.322 e. The highest BCUT2D eigenvalue weighted by Gasteiger charge is 2.14. The maximum absolute atomic E-state index is 11.0. The van der Waals surface area contributed by atoms with Gasteiger partial charge in [-0.05, 0) is 18.2 Å². The quantitative estimate of drug-likeness (QED) is 0.416. The van der Waals surface area contributed by atoms with E-state index in [1.54, 1.807) is 0 Å². The van der Waals surface area contributed by atoms with Crippen molar-refractivity contribution in [2.75, 3.05) is 17.1 Å². The van der Waals surface area contributed by atoms with E-state index in [2.05, 4.69) is 20.3 Å². The number of hydrogen-bond donors (Lipinski definition) is 3. The molecule has 0 aliphatic carbocycles. The van der Waals surface area contributed by atoms with Crippen LogP contribution in [0.1, 0.15) is 0 Å². The SMILES string of the molecule is Nc1cc(Nc2ncnc(OCCl)n2)ccc1S(=O)(=O)O. The summed E-state index contributed by atoms with van der Waals surface area (Å²) in [6.45, 7) is 0. The van der Waals surface area contributed by atoms with Crippen molar-refractivity contribution < 1.29 is 17.7 Å². The monoisotopic (exact) mass is 331 g/mol. The summed E-state index contributed by atoms with van der Waals surface area (Å²) in [6.07, 6.45) is 1.22. The fourth-order valence-electron chi connectivity index (χ4n) is 1.45. The average molecular weight is 332 g/mol. The molecule has 0 radical (unpaired) electrons. The van der Waals surface area contributed by atoms with Gasteiger partial charge in [-0.2, -0.15) is 18.4 Å². The molecule has 0 fully saturated rings. The molecule has 9 nitrogen and oxygen atoms in total. The van der Waals surface area contributed by atoms with Gasteiger partial charge in [-0.1, -0.05) is 11.6 Å². The summed E-state index contributed by atoms with van der Waals surface area (Å²) in [5.41, 5.74) is 5.87. The fraction of sp³-hybridized carbons (Fsp3) is 0.100. The molecule has 4 N–H and O–H groups in total. The van der Waals surface area contributed by atoms with Crippen LogP contribution >= 0.6 is 11.6 Å². The van der Waals surface area contributed by atoms with Crippen LogP contribution in [0.2, 0.25) is 0 Å². The normalized spacial score (nSPS) is 11.1. The Balaban J connectivity index is 2.24. The largest absolute Gasteiger partial charge is 0.447 e. The van der Waals surface area contributed by atoms with Crippen LogP contribution in [0.15, 0.2) is 29.4 Å².